The highest BCUT2D eigenvalue weighted by Crippen LogP contribution is 1.94. The van der Waals surface area contributed by atoms with Gasteiger partial charge in [-0.3, -0.25) is 9.69 Å². The summed E-state index contributed by atoms with van der Waals surface area (Å²) in [7, 11) is 1.64. The zero-order valence-corrected chi connectivity index (χ0v) is 8.53. The molecule has 0 aliphatic rings. The lowest BCUT2D eigenvalue weighted by Gasteiger charge is -2.18. The van der Waals surface area contributed by atoms with Gasteiger partial charge in [-0.05, 0) is 6.42 Å². The molecule has 0 heterocycles. The number of hydrogen-bond acceptors (Lipinski definition) is 3. The van der Waals surface area contributed by atoms with Crippen molar-refractivity contribution in [3.8, 4) is 12.3 Å². The number of terminal acetylenes is 1. The fourth-order valence-corrected chi connectivity index (χ4v) is 1.09. The minimum absolute atomic E-state index is 0.134. The van der Waals surface area contributed by atoms with Crippen molar-refractivity contribution < 1.29 is 14.6 Å². The molecule has 0 saturated carbocycles. The zero-order valence-electron chi connectivity index (χ0n) is 8.53. The molecule has 0 aliphatic heterocycles. The maximum Gasteiger partial charge on any atom is 0.304 e. The Morgan fingerprint density at radius 3 is 2.79 bits per heavy atom. The third-order valence-corrected chi connectivity index (χ3v) is 1.78. The average molecular weight is 199 g/mol. The normalized spacial score (nSPS) is 10.1. The van der Waals surface area contributed by atoms with Crippen molar-refractivity contribution in [3.05, 3.63) is 0 Å². The van der Waals surface area contributed by atoms with Crippen LogP contribution < -0.4 is 0 Å². The van der Waals surface area contributed by atoms with Gasteiger partial charge in [-0.2, -0.15) is 0 Å². The van der Waals surface area contributed by atoms with Gasteiger partial charge in [0.2, 0.25) is 0 Å². The summed E-state index contributed by atoms with van der Waals surface area (Å²) in [5.74, 6) is 1.72. The van der Waals surface area contributed by atoms with Crippen LogP contribution in [0.15, 0.2) is 0 Å². The van der Waals surface area contributed by atoms with E-state index in [0.29, 0.717) is 19.7 Å². The molecule has 4 nitrogen and oxygen atoms in total. The van der Waals surface area contributed by atoms with Crippen molar-refractivity contribution in [2.24, 2.45) is 0 Å². The number of carboxylic acid groups (broad SMARTS) is 1. The van der Waals surface area contributed by atoms with E-state index < -0.39 is 5.97 Å². The minimum atomic E-state index is -0.793. The lowest BCUT2D eigenvalue weighted by Crippen LogP contribution is -2.28. The molecule has 0 aromatic rings. The summed E-state index contributed by atoms with van der Waals surface area (Å²) < 4.78 is 4.90. The molecule has 0 aromatic carbocycles. The molecular formula is C10H17NO3. The van der Waals surface area contributed by atoms with E-state index in [4.69, 9.17) is 16.3 Å². The van der Waals surface area contributed by atoms with E-state index in [9.17, 15) is 4.79 Å². The Bertz CT molecular complexity index is 198. The highest BCUT2D eigenvalue weighted by molar-refractivity contribution is 5.66. The van der Waals surface area contributed by atoms with Gasteiger partial charge in [0.05, 0.1) is 13.0 Å². The topological polar surface area (TPSA) is 49.8 Å². The SMILES string of the molecule is C#CCN(CCCOC)CCC(=O)O. The Morgan fingerprint density at radius 1 is 1.57 bits per heavy atom. The molecular weight excluding hydrogens is 182 g/mol. The lowest BCUT2D eigenvalue weighted by atomic mass is 10.3. The van der Waals surface area contributed by atoms with E-state index in [1.54, 1.807) is 7.11 Å². The van der Waals surface area contributed by atoms with Crippen LogP contribution in [-0.4, -0.2) is 49.3 Å². The quantitative estimate of drug-likeness (QED) is 0.455. The van der Waals surface area contributed by atoms with Gasteiger partial charge >= 0.3 is 5.97 Å². The summed E-state index contributed by atoms with van der Waals surface area (Å²) >= 11 is 0. The fourth-order valence-electron chi connectivity index (χ4n) is 1.09. The van der Waals surface area contributed by atoms with Crippen LogP contribution in [0, 0.1) is 12.3 Å². The van der Waals surface area contributed by atoms with Crippen LogP contribution in [0.25, 0.3) is 0 Å². The van der Waals surface area contributed by atoms with Crippen molar-refractivity contribution in [2.45, 2.75) is 12.8 Å². The first kappa shape index (κ1) is 12.9. The van der Waals surface area contributed by atoms with Crippen LogP contribution in [0.1, 0.15) is 12.8 Å². The van der Waals surface area contributed by atoms with Crippen LogP contribution in [-0.2, 0) is 9.53 Å². The number of methoxy groups -OCH3 is 1. The minimum Gasteiger partial charge on any atom is -0.481 e. The maximum absolute atomic E-state index is 10.3. The van der Waals surface area contributed by atoms with Crippen LogP contribution in [0.5, 0.6) is 0 Å². The molecule has 1 N–H and O–H groups in total. The summed E-state index contributed by atoms with van der Waals surface area (Å²) in [5, 5.41) is 8.50. The van der Waals surface area contributed by atoms with Crippen LogP contribution >= 0.6 is 0 Å². The summed E-state index contributed by atoms with van der Waals surface area (Å²) in [6.45, 7) is 2.46. The molecule has 0 radical (unpaired) electrons. The Labute approximate surface area is 84.9 Å². The smallest absolute Gasteiger partial charge is 0.304 e. The van der Waals surface area contributed by atoms with Crippen molar-refractivity contribution in [3.63, 3.8) is 0 Å². The molecule has 0 atom stereocenters. The van der Waals surface area contributed by atoms with E-state index in [-0.39, 0.29) is 6.42 Å². The number of carboxylic acids is 1. The van der Waals surface area contributed by atoms with E-state index in [1.807, 2.05) is 4.90 Å². The first-order chi connectivity index (χ1) is 6.70. The summed E-state index contributed by atoms with van der Waals surface area (Å²) in [6.07, 6.45) is 6.18. The second-order valence-corrected chi connectivity index (χ2v) is 2.97. The first-order valence-electron chi connectivity index (χ1n) is 4.57. The Hall–Kier alpha value is -1.05. The zero-order chi connectivity index (χ0) is 10.8. The Kier molecular flexibility index (Phi) is 7.90. The van der Waals surface area contributed by atoms with Crippen molar-refractivity contribution in [2.75, 3.05) is 33.4 Å². The molecule has 14 heavy (non-hydrogen) atoms. The number of ether oxygens (including phenoxy) is 1. The van der Waals surface area contributed by atoms with Crippen LogP contribution in [0.2, 0.25) is 0 Å². The molecule has 0 unspecified atom stereocenters. The third-order valence-electron chi connectivity index (χ3n) is 1.78. The van der Waals surface area contributed by atoms with Gasteiger partial charge in [-0.15, -0.1) is 6.42 Å². The molecule has 0 rings (SSSR count). The van der Waals surface area contributed by atoms with Crippen molar-refractivity contribution >= 4 is 5.97 Å². The van der Waals surface area contributed by atoms with Crippen LogP contribution in [0.3, 0.4) is 0 Å². The van der Waals surface area contributed by atoms with Gasteiger partial charge in [0.25, 0.3) is 0 Å². The Morgan fingerprint density at radius 2 is 2.29 bits per heavy atom. The summed E-state index contributed by atoms with van der Waals surface area (Å²) in [6, 6.07) is 0. The summed E-state index contributed by atoms with van der Waals surface area (Å²) in [4.78, 5) is 12.3. The lowest BCUT2D eigenvalue weighted by molar-refractivity contribution is -0.137. The van der Waals surface area contributed by atoms with E-state index in [2.05, 4.69) is 5.92 Å². The molecule has 0 aromatic heterocycles. The molecule has 0 saturated heterocycles. The van der Waals surface area contributed by atoms with E-state index >= 15 is 0 Å². The predicted molar refractivity (Wildman–Crippen MR) is 54.0 cm³/mol. The third kappa shape index (κ3) is 7.59. The second-order valence-electron chi connectivity index (χ2n) is 2.97. The second kappa shape index (κ2) is 8.54. The largest absolute Gasteiger partial charge is 0.481 e. The van der Waals surface area contributed by atoms with E-state index in [1.165, 1.54) is 0 Å². The first-order valence-corrected chi connectivity index (χ1v) is 4.57. The monoisotopic (exact) mass is 199 g/mol. The van der Waals surface area contributed by atoms with Gasteiger partial charge in [0.15, 0.2) is 0 Å². The number of nitrogens with zero attached hydrogens (tertiary/aromatic N) is 1. The molecule has 80 valence electrons. The molecule has 0 spiro atoms. The van der Waals surface area contributed by atoms with Crippen molar-refractivity contribution in [1.29, 1.82) is 0 Å². The summed E-state index contributed by atoms with van der Waals surface area (Å²) in [5.41, 5.74) is 0. The highest BCUT2D eigenvalue weighted by Gasteiger charge is 2.05. The van der Waals surface area contributed by atoms with Crippen LogP contribution in [0.4, 0.5) is 0 Å². The average Bonchev–Trinajstić information content (AvgIpc) is 2.14. The maximum atomic E-state index is 10.3. The van der Waals surface area contributed by atoms with Gasteiger partial charge in [0, 0.05) is 26.8 Å². The molecule has 0 aliphatic carbocycles. The predicted octanol–water partition coefficient (Wildman–Crippen LogP) is 0.433. The molecule has 0 amide bonds. The molecule has 0 fully saturated rings. The van der Waals surface area contributed by atoms with Gasteiger partial charge in [0.1, 0.15) is 0 Å². The number of aliphatic carboxylic acids is 1. The highest BCUT2D eigenvalue weighted by atomic mass is 16.5. The van der Waals surface area contributed by atoms with Gasteiger partial charge in [-0.1, -0.05) is 5.92 Å². The molecule has 4 heteroatoms. The standard InChI is InChI=1S/C10H17NO3/c1-3-6-11(7-4-9-14-2)8-5-10(12)13/h1H,4-9H2,2H3,(H,12,13). The molecule has 0 bridgehead atoms. The van der Waals surface area contributed by atoms with Crippen molar-refractivity contribution in [1.82, 2.24) is 4.90 Å². The number of hydrogen-bond donors (Lipinski definition) is 1. The van der Waals surface area contributed by atoms with Gasteiger partial charge < -0.3 is 9.84 Å². The Balaban J connectivity index is 3.66. The number of carbonyl (C=O) groups is 1. The van der Waals surface area contributed by atoms with E-state index in [0.717, 1.165) is 13.0 Å². The number of rotatable bonds is 8. The van der Waals surface area contributed by atoms with Gasteiger partial charge in [-0.25, -0.2) is 0 Å². The fraction of sp³-hybridized carbons (Fsp3) is 0.700.